The van der Waals surface area contributed by atoms with Crippen molar-refractivity contribution in [1.29, 1.82) is 0 Å². The SMILES string of the molecule is CCOc1ccc(NC(=O)[C@H](C)OC(=O)c2ccccc2SCC)cc1. The summed E-state index contributed by atoms with van der Waals surface area (Å²) < 4.78 is 10.7. The van der Waals surface area contributed by atoms with Crippen LogP contribution in [0, 0.1) is 0 Å². The van der Waals surface area contributed by atoms with E-state index in [9.17, 15) is 9.59 Å². The van der Waals surface area contributed by atoms with E-state index in [1.807, 2.05) is 26.0 Å². The summed E-state index contributed by atoms with van der Waals surface area (Å²) in [7, 11) is 0. The van der Waals surface area contributed by atoms with Gasteiger partial charge in [0, 0.05) is 10.6 Å². The highest BCUT2D eigenvalue weighted by Crippen LogP contribution is 2.23. The summed E-state index contributed by atoms with van der Waals surface area (Å²) in [6.07, 6.45) is -0.909. The molecule has 6 heteroatoms. The highest BCUT2D eigenvalue weighted by molar-refractivity contribution is 7.99. The number of hydrogen-bond donors (Lipinski definition) is 1. The van der Waals surface area contributed by atoms with Gasteiger partial charge in [0.25, 0.3) is 5.91 Å². The van der Waals surface area contributed by atoms with E-state index in [2.05, 4.69) is 5.32 Å². The van der Waals surface area contributed by atoms with E-state index in [1.165, 1.54) is 0 Å². The van der Waals surface area contributed by atoms with Crippen LogP contribution in [0.5, 0.6) is 5.75 Å². The van der Waals surface area contributed by atoms with E-state index in [1.54, 1.807) is 55.1 Å². The average molecular weight is 373 g/mol. The Kier molecular flexibility index (Phi) is 7.53. The Morgan fingerprint density at radius 1 is 1.08 bits per heavy atom. The molecule has 1 N–H and O–H groups in total. The number of anilines is 1. The Morgan fingerprint density at radius 3 is 2.42 bits per heavy atom. The van der Waals surface area contributed by atoms with Crippen molar-refractivity contribution in [3.8, 4) is 5.75 Å². The average Bonchev–Trinajstić information content (AvgIpc) is 2.64. The van der Waals surface area contributed by atoms with Crippen LogP contribution in [-0.4, -0.2) is 30.3 Å². The molecule has 26 heavy (non-hydrogen) atoms. The van der Waals surface area contributed by atoms with Crippen LogP contribution in [0.4, 0.5) is 5.69 Å². The molecule has 0 saturated heterocycles. The molecule has 0 aliphatic rings. The number of benzene rings is 2. The molecule has 0 saturated carbocycles. The number of thioether (sulfide) groups is 1. The summed E-state index contributed by atoms with van der Waals surface area (Å²) in [5, 5.41) is 2.73. The van der Waals surface area contributed by atoms with E-state index >= 15 is 0 Å². The molecule has 0 aliphatic carbocycles. The quantitative estimate of drug-likeness (QED) is 0.549. The lowest BCUT2D eigenvalue weighted by Crippen LogP contribution is -2.30. The van der Waals surface area contributed by atoms with Crippen molar-refractivity contribution in [3.63, 3.8) is 0 Å². The number of nitrogens with one attached hydrogen (secondary N) is 1. The highest BCUT2D eigenvalue weighted by Gasteiger charge is 2.20. The van der Waals surface area contributed by atoms with Gasteiger partial charge in [-0.15, -0.1) is 11.8 Å². The van der Waals surface area contributed by atoms with Crippen LogP contribution >= 0.6 is 11.8 Å². The number of carbonyl (C=O) groups excluding carboxylic acids is 2. The molecule has 0 heterocycles. The first-order valence-corrected chi connectivity index (χ1v) is 9.50. The van der Waals surface area contributed by atoms with Crippen molar-refractivity contribution >= 4 is 29.3 Å². The third-order valence-electron chi connectivity index (χ3n) is 3.49. The molecule has 0 radical (unpaired) electrons. The minimum Gasteiger partial charge on any atom is -0.494 e. The van der Waals surface area contributed by atoms with Crippen LogP contribution < -0.4 is 10.1 Å². The standard InChI is InChI=1S/C20H23NO4S/c1-4-24-16-12-10-15(11-13-16)21-19(22)14(3)25-20(23)17-8-6-7-9-18(17)26-5-2/h6-14H,4-5H2,1-3H3,(H,21,22)/t14-/m0/s1. The van der Waals surface area contributed by atoms with Crippen LogP contribution in [0.25, 0.3) is 0 Å². The maximum Gasteiger partial charge on any atom is 0.340 e. The lowest BCUT2D eigenvalue weighted by Gasteiger charge is -2.15. The second-order valence-corrected chi connectivity index (χ2v) is 6.73. The second-order valence-electron chi connectivity index (χ2n) is 5.42. The molecule has 0 aromatic heterocycles. The smallest absolute Gasteiger partial charge is 0.340 e. The molecule has 5 nitrogen and oxygen atoms in total. The molecule has 2 aromatic rings. The predicted octanol–water partition coefficient (Wildman–Crippen LogP) is 4.38. The lowest BCUT2D eigenvalue weighted by molar-refractivity contribution is -0.123. The molecule has 0 spiro atoms. The molecule has 1 amide bonds. The Hall–Kier alpha value is -2.47. The van der Waals surface area contributed by atoms with E-state index in [0.29, 0.717) is 17.9 Å². The van der Waals surface area contributed by atoms with Gasteiger partial charge in [0.1, 0.15) is 5.75 Å². The minimum absolute atomic E-state index is 0.386. The lowest BCUT2D eigenvalue weighted by atomic mass is 10.2. The van der Waals surface area contributed by atoms with Crippen LogP contribution in [-0.2, 0) is 9.53 Å². The number of rotatable bonds is 8. The fourth-order valence-corrected chi connectivity index (χ4v) is 3.03. The molecule has 2 rings (SSSR count). The van der Waals surface area contributed by atoms with Crippen LogP contribution in [0.3, 0.4) is 0 Å². The van der Waals surface area contributed by atoms with Gasteiger partial charge in [-0.25, -0.2) is 4.79 Å². The zero-order chi connectivity index (χ0) is 18.9. The van der Waals surface area contributed by atoms with Gasteiger partial charge in [-0.2, -0.15) is 0 Å². The van der Waals surface area contributed by atoms with E-state index in [0.717, 1.165) is 16.4 Å². The van der Waals surface area contributed by atoms with Crippen LogP contribution in [0.2, 0.25) is 0 Å². The first kappa shape index (κ1) is 19.8. The summed E-state index contributed by atoms with van der Waals surface area (Å²) in [5.74, 6) is 0.687. The van der Waals surface area contributed by atoms with Crippen molar-refractivity contribution in [2.24, 2.45) is 0 Å². The Bertz CT molecular complexity index is 746. The highest BCUT2D eigenvalue weighted by atomic mass is 32.2. The van der Waals surface area contributed by atoms with Crippen molar-refractivity contribution in [2.45, 2.75) is 31.8 Å². The molecular formula is C20H23NO4S. The predicted molar refractivity (Wildman–Crippen MR) is 104 cm³/mol. The monoisotopic (exact) mass is 373 g/mol. The molecule has 0 fully saturated rings. The maximum absolute atomic E-state index is 12.4. The van der Waals surface area contributed by atoms with Crippen molar-refractivity contribution in [1.82, 2.24) is 0 Å². The van der Waals surface area contributed by atoms with Crippen LogP contribution in [0.1, 0.15) is 31.1 Å². The molecule has 1 atom stereocenters. The Morgan fingerprint density at radius 2 is 1.77 bits per heavy atom. The van der Waals surface area contributed by atoms with Crippen LogP contribution in [0.15, 0.2) is 53.4 Å². The topological polar surface area (TPSA) is 64.6 Å². The normalized spacial score (nSPS) is 11.5. The summed E-state index contributed by atoms with van der Waals surface area (Å²) in [4.78, 5) is 25.5. The molecule has 0 bridgehead atoms. The fourth-order valence-electron chi connectivity index (χ4n) is 2.24. The third-order valence-corrected chi connectivity index (χ3v) is 4.45. The van der Waals surface area contributed by atoms with Gasteiger partial charge in [0.05, 0.1) is 12.2 Å². The minimum atomic E-state index is -0.909. The zero-order valence-corrected chi connectivity index (χ0v) is 16.0. The summed E-state index contributed by atoms with van der Waals surface area (Å²) in [6.45, 7) is 6.05. The van der Waals surface area contributed by atoms with Gasteiger partial charge < -0.3 is 14.8 Å². The second kappa shape index (κ2) is 9.87. The van der Waals surface area contributed by atoms with E-state index < -0.39 is 12.1 Å². The Labute approximate surface area is 158 Å². The third kappa shape index (κ3) is 5.52. The van der Waals surface area contributed by atoms with Crippen molar-refractivity contribution in [2.75, 3.05) is 17.7 Å². The van der Waals surface area contributed by atoms with Gasteiger partial charge >= 0.3 is 5.97 Å². The molecule has 0 unspecified atom stereocenters. The van der Waals surface area contributed by atoms with Gasteiger partial charge in [-0.05, 0) is 56.0 Å². The summed E-state index contributed by atoms with van der Waals surface area (Å²) >= 11 is 1.56. The van der Waals surface area contributed by atoms with E-state index in [-0.39, 0.29) is 5.91 Å². The maximum atomic E-state index is 12.4. The first-order valence-electron chi connectivity index (χ1n) is 8.51. The van der Waals surface area contributed by atoms with Crippen molar-refractivity contribution < 1.29 is 19.1 Å². The zero-order valence-electron chi connectivity index (χ0n) is 15.2. The molecular weight excluding hydrogens is 350 g/mol. The van der Waals surface area contributed by atoms with E-state index in [4.69, 9.17) is 9.47 Å². The van der Waals surface area contributed by atoms with Gasteiger partial charge in [-0.3, -0.25) is 4.79 Å². The number of hydrogen-bond acceptors (Lipinski definition) is 5. The van der Waals surface area contributed by atoms with Crippen molar-refractivity contribution in [3.05, 3.63) is 54.1 Å². The summed E-state index contributed by atoms with van der Waals surface area (Å²) in [6, 6.07) is 14.3. The number of esters is 1. The first-order chi connectivity index (χ1) is 12.5. The van der Waals surface area contributed by atoms with Gasteiger partial charge in [-0.1, -0.05) is 19.1 Å². The number of ether oxygens (including phenoxy) is 2. The van der Waals surface area contributed by atoms with Gasteiger partial charge in [0.15, 0.2) is 6.10 Å². The summed E-state index contributed by atoms with van der Waals surface area (Å²) in [5.41, 5.74) is 1.09. The fraction of sp³-hybridized carbons (Fsp3) is 0.300. The molecule has 2 aromatic carbocycles. The molecule has 0 aliphatic heterocycles. The Balaban J connectivity index is 1.97. The largest absolute Gasteiger partial charge is 0.494 e. The molecule has 138 valence electrons. The number of amides is 1. The number of carbonyl (C=O) groups is 2. The van der Waals surface area contributed by atoms with Gasteiger partial charge in [0.2, 0.25) is 0 Å².